The van der Waals surface area contributed by atoms with E-state index in [0.29, 0.717) is 19.3 Å². The third kappa shape index (κ3) is 52.6. The van der Waals surface area contributed by atoms with Gasteiger partial charge in [0.25, 0.3) is 0 Å². The molecule has 67 heavy (non-hydrogen) atoms. The quantitative estimate of drug-likeness (QED) is 0.0262. The van der Waals surface area contributed by atoms with E-state index < -0.39 is 6.10 Å². The molecular weight excluding hydrogens is 829 g/mol. The van der Waals surface area contributed by atoms with E-state index in [4.69, 9.17) is 14.2 Å². The van der Waals surface area contributed by atoms with Crippen molar-refractivity contribution in [1.82, 2.24) is 0 Å². The van der Waals surface area contributed by atoms with Gasteiger partial charge in [0, 0.05) is 19.3 Å². The number of esters is 3. The van der Waals surface area contributed by atoms with Crippen molar-refractivity contribution >= 4 is 17.9 Å². The molecule has 1 unspecified atom stereocenters. The van der Waals surface area contributed by atoms with Crippen molar-refractivity contribution in [2.24, 2.45) is 0 Å². The smallest absolute Gasteiger partial charge is 0.306 e. The first-order chi connectivity index (χ1) is 33.0. The van der Waals surface area contributed by atoms with E-state index in [1.165, 1.54) is 89.9 Å². The number of ether oxygens (including phenoxy) is 3. The van der Waals surface area contributed by atoms with Gasteiger partial charge < -0.3 is 14.2 Å². The number of rotatable bonds is 47. The Morgan fingerprint density at radius 3 is 1.04 bits per heavy atom. The second kappa shape index (κ2) is 54.4. The van der Waals surface area contributed by atoms with E-state index in [2.05, 4.69) is 130 Å². The van der Waals surface area contributed by atoms with Crippen LogP contribution >= 0.6 is 0 Å². The molecule has 0 bridgehead atoms. The zero-order chi connectivity index (χ0) is 48.6. The Labute approximate surface area is 412 Å². The summed E-state index contributed by atoms with van der Waals surface area (Å²) in [5, 5.41) is 0. The molecule has 0 heterocycles. The molecule has 1 atom stereocenters. The molecule has 0 saturated heterocycles. The molecule has 6 heteroatoms. The minimum Gasteiger partial charge on any atom is -0.462 e. The van der Waals surface area contributed by atoms with E-state index >= 15 is 0 Å². The first-order valence-corrected chi connectivity index (χ1v) is 27.0. The lowest BCUT2D eigenvalue weighted by Crippen LogP contribution is -2.30. The van der Waals surface area contributed by atoms with Crippen LogP contribution < -0.4 is 0 Å². The largest absolute Gasteiger partial charge is 0.462 e. The zero-order valence-electron chi connectivity index (χ0n) is 43.1. The van der Waals surface area contributed by atoms with Gasteiger partial charge in [-0.2, -0.15) is 0 Å². The number of hydrogen-bond acceptors (Lipinski definition) is 6. The van der Waals surface area contributed by atoms with Crippen LogP contribution in [0.2, 0.25) is 0 Å². The Morgan fingerprint density at radius 2 is 0.627 bits per heavy atom. The number of allylic oxidation sites excluding steroid dienone is 20. The third-order valence-electron chi connectivity index (χ3n) is 11.0. The van der Waals surface area contributed by atoms with Gasteiger partial charge in [-0.3, -0.25) is 14.4 Å². The maximum absolute atomic E-state index is 12.8. The molecule has 0 N–H and O–H groups in total. The fourth-order valence-corrected chi connectivity index (χ4v) is 6.93. The predicted octanol–water partition coefficient (Wildman–Crippen LogP) is 18.1. The molecule has 0 aromatic carbocycles. The van der Waals surface area contributed by atoms with Gasteiger partial charge in [0.2, 0.25) is 0 Å². The third-order valence-corrected chi connectivity index (χ3v) is 11.0. The molecule has 0 radical (unpaired) electrons. The molecule has 0 aliphatic carbocycles. The molecule has 0 aliphatic heterocycles. The highest BCUT2D eigenvalue weighted by Gasteiger charge is 2.19. The van der Waals surface area contributed by atoms with E-state index in [0.717, 1.165) is 83.5 Å². The molecule has 0 aliphatic rings. The highest BCUT2D eigenvalue weighted by Crippen LogP contribution is 2.14. The van der Waals surface area contributed by atoms with Crippen molar-refractivity contribution in [1.29, 1.82) is 0 Å². The van der Waals surface area contributed by atoms with Crippen LogP contribution in [0.3, 0.4) is 0 Å². The summed E-state index contributed by atoms with van der Waals surface area (Å²) in [7, 11) is 0. The van der Waals surface area contributed by atoms with Crippen molar-refractivity contribution < 1.29 is 28.6 Å². The van der Waals surface area contributed by atoms with Crippen LogP contribution in [0.1, 0.15) is 226 Å². The highest BCUT2D eigenvalue weighted by atomic mass is 16.6. The number of carbonyl (C=O) groups is 3. The summed E-state index contributed by atoms with van der Waals surface area (Å²) >= 11 is 0. The van der Waals surface area contributed by atoms with E-state index in [1.54, 1.807) is 0 Å². The minimum atomic E-state index is -0.832. The fraction of sp³-hybridized carbons (Fsp3) is 0.623. The second-order valence-corrected chi connectivity index (χ2v) is 17.4. The lowest BCUT2D eigenvalue weighted by atomic mass is 10.0. The highest BCUT2D eigenvalue weighted by molar-refractivity contribution is 5.71. The zero-order valence-corrected chi connectivity index (χ0v) is 43.1. The topological polar surface area (TPSA) is 78.9 Å². The lowest BCUT2D eigenvalue weighted by molar-refractivity contribution is -0.166. The van der Waals surface area contributed by atoms with Crippen molar-refractivity contribution in [2.75, 3.05) is 13.2 Å². The maximum Gasteiger partial charge on any atom is 0.306 e. The van der Waals surface area contributed by atoms with Gasteiger partial charge in [0.15, 0.2) is 6.10 Å². The van der Waals surface area contributed by atoms with Crippen molar-refractivity contribution in [3.05, 3.63) is 122 Å². The van der Waals surface area contributed by atoms with Crippen molar-refractivity contribution in [2.45, 2.75) is 232 Å². The Morgan fingerprint density at radius 1 is 0.313 bits per heavy atom. The van der Waals surface area contributed by atoms with Gasteiger partial charge >= 0.3 is 17.9 Å². The number of unbranched alkanes of at least 4 members (excludes halogenated alkanes) is 16. The molecule has 378 valence electrons. The summed E-state index contributed by atoms with van der Waals surface area (Å²) in [4.78, 5) is 38.0. The molecule has 0 saturated carbocycles. The Bertz CT molecular complexity index is 1440. The Balaban J connectivity index is 4.58. The van der Waals surface area contributed by atoms with Gasteiger partial charge in [-0.15, -0.1) is 0 Å². The molecular formula is C61H98O6. The summed E-state index contributed by atoms with van der Waals surface area (Å²) in [6, 6.07) is 0. The van der Waals surface area contributed by atoms with E-state index in [1.807, 2.05) is 12.2 Å². The minimum absolute atomic E-state index is 0.131. The van der Waals surface area contributed by atoms with Gasteiger partial charge in [-0.05, 0) is 96.3 Å². The molecule has 0 rings (SSSR count). The monoisotopic (exact) mass is 927 g/mol. The summed E-state index contributed by atoms with van der Waals surface area (Å²) in [5.41, 5.74) is 0. The Kier molecular flexibility index (Phi) is 51.0. The average Bonchev–Trinajstić information content (AvgIpc) is 3.33. The van der Waals surface area contributed by atoms with Crippen LogP contribution in [-0.2, 0) is 28.6 Å². The predicted molar refractivity (Wildman–Crippen MR) is 288 cm³/mol. The molecule has 0 fully saturated rings. The number of hydrogen-bond donors (Lipinski definition) is 0. The fourth-order valence-electron chi connectivity index (χ4n) is 6.93. The van der Waals surface area contributed by atoms with Gasteiger partial charge in [0.05, 0.1) is 0 Å². The van der Waals surface area contributed by atoms with Crippen molar-refractivity contribution in [3.63, 3.8) is 0 Å². The van der Waals surface area contributed by atoms with Gasteiger partial charge in [0.1, 0.15) is 13.2 Å². The van der Waals surface area contributed by atoms with Gasteiger partial charge in [-0.1, -0.05) is 232 Å². The second-order valence-electron chi connectivity index (χ2n) is 17.4. The summed E-state index contributed by atoms with van der Waals surface area (Å²) in [6.07, 6.45) is 74.8. The summed E-state index contributed by atoms with van der Waals surface area (Å²) in [5.74, 6) is -1.07. The molecule has 0 amide bonds. The molecule has 0 spiro atoms. The lowest BCUT2D eigenvalue weighted by Gasteiger charge is -2.18. The summed E-state index contributed by atoms with van der Waals surface area (Å²) < 4.78 is 16.7. The standard InChI is InChI=1S/C61H98O6/c1-4-7-10-13-16-19-22-25-27-29-30-32-34-37-39-42-45-48-51-54-60(63)66-57-58(67-61(64)55-52-49-46-43-40-35-24-21-18-15-12-9-6-3)56-65-59(62)53-50-47-44-41-38-36-33-31-28-26-23-20-17-14-11-8-5-2/h7,10,16-17,19-20,25-28,30,32-33,36-37,39,41,44-45,48,58H,4-6,8-9,11-15,18,21-24,29,31,34-35,38,40,42-43,46-47,49-57H2,1-3H3. The molecule has 6 nitrogen and oxygen atoms in total. The first kappa shape index (κ1) is 62.8. The van der Waals surface area contributed by atoms with Crippen LogP contribution in [0.4, 0.5) is 0 Å². The molecule has 0 aromatic rings. The van der Waals surface area contributed by atoms with Crippen molar-refractivity contribution in [3.8, 4) is 0 Å². The normalized spacial score (nSPS) is 13.1. The van der Waals surface area contributed by atoms with Crippen LogP contribution in [0.25, 0.3) is 0 Å². The van der Waals surface area contributed by atoms with Crippen LogP contribution in [0.15, 0.2) is 122 Å². The van der Waals surface area contributed by atoms with E-state index in [9.17, 15) is 14.4 Å². The van der Waals surface area contributed by atoms with E-state index in [-0.39, 0.29) is 44.0 Å². The average molecular weight is 927 g/mol. The number of carbonyl (C=O) groups excluding carboxylic acids is 3. The summed E-state index contributed by atoms with van der Waals surface area (Å²) in [6.45, 7) is 6.37. The van der Waals surface area contributed by atoms with Crippen LogP contribution in [0, 0.1) is 0 Å². The van der Waals surface area contributed by atoms with Crippen LogP contribution in [-0.4, -0.2) is 37.2 Å². The van der Waals surface area contributed by atoms with Gasteiger partial charge in [-0.25, -0.2) is 0 Å². The SMILES string of the molecule is CCC=CCC=CCC=CCC=CCC=CCC=CCCC(=O)OCC(COC(=O)CCCC=CCC=CCC=CCC=CCCCCC)OC(=O)CCCCCCCCCCCCCCC. The molecule has 0 aromatic heterocycles. The first-order valence-electron chi connectivity index (χ1n) is 27.0. The Hall–Kier alpha value is -4.19. The van der Waals surface area contributed by atoms with Crippen LogP contribution in [0.5, 0.6) is 0 Å². The maximum atomic E-state index is 12.8.